The van der Waals surface area contributed by atoms with Gasteiger partial charge in [-0.15, -0.1) is 6.42 Å². The fraction of sp³-hybridized carbons (Fsp3) is 0.276. The smallest absolute Gasteiger partial charge is 0.337 e. The molecule has 0 fully saturated rings. The lowest BCUT2D eigenvalue weighted by molar-refractivity contribution is -0.136. The highest BCUT2D eigenvalue weighted by Crippen LogP contribution is 2.37. The number of hydrogen-bond donors (Lipinski definition) is 0. The van der Waals surface area contributed by atoms with Gasteiger partial charge in [-0.2, -0.15) is 0 Å². The third-order valence-electron chi connectivity index (χ3n) is 5.86. The van der Waals surface area contributed by atoms with Crippen molar-refractivity contribution < 1.29 is 28.5 Å². The average Bonchev–Trinajstić information content (AvgIpc) is 3.27. The molecule has 40 heavy (non-hydrogen) atoms. The van der Waals surface area contributed by atoms with Gasteiger partial charge in [-0.05, 0) is 55.3 Å². The van der Waals surface area contributed by atoms with E-state index in [1.54, 1.807) is 36.4 Å². The Labute approximate surface area is 239 Å². The van der Waals surface area contributed by atoms with E-state index in [9.17, 15) is 9.59 Å². The molecule has 1 aliphatic rings. The first-order chi connectivity index (χ1) is 19.4. The molecule has 1 atom stereocenters. The molecule has 1 aromatic heterocycles. The van der Waals surface area contributed by atoms with Crippen molar-refractivity contribution in [2.75, 3.05) is 34.0 Å². The minimum Gasteiger partial charge on any atom is -0.493 e. The largest absolute Gasteiger partial charge is 0.493 e. The second kappa shape index (κ2) is 12.8. The van der Waals surface area contributed by atoms with Crippen LogP contribution in [0, 0.1) is 12.3 Å². The lowest BCUT2D eigenvalue weighted by atomic mass is 9.97. The number of methoxy groups -OCH3 is 2. The highest BCUT2D eigenvalue weighted by atomic mass is 35.5. The van der Waals surface area contributed by atoms with Crippen molar-refractivity contribution in [3.8, 4) is 35.3 Å². The Morgan fingerprint density at radius 1 is 1.12 bits per heavy atom. The number of esters is 1. The molecule has 1 aliphatic heterocycles. The second-order valence-electron chi connectivity index (χ2n) is 8.28. The van der Waals surface area contributed by atoms with E-state index in [0.29, 0.717) is 56.7 Å². The molecule has 0 N–H and O–H groups in total. The standard InChI is InChI=1S/C29H27ClN2O7S/c1-6-11-39-26-20(30)12-17(13-23(26)35-4)14-24-27(33)32-25(19(28(34)36-5)16-31-29(32)40-24)18-9-10-21(37-7-2)22(15-18)38-8-3/h1,9-10,12-16,25H,7-8,11H2,2-5H3/b24-14-/t25-/m1/s1. The number of aromatic nitrogens is 1. The van der Waals surface area contributed by atoms with E-state index >= 15 is 0 Å². The third kappa shape index (κ3) is 5.71. The number of nitrogens with zero attached hydrogens (tertiary/aromatic N) is 2. The zero-order valence-corrected chi connectivity index (χ0v) is 23.9. The van der Waals surface area contributed by atoms with Crippen molar-refractivity contribution in [3.63, 3.8) is 0 Å². The van der Waals surface area contributed by atoms with Gasteiger partial charge in [-0.25, -0.2) is 9.79 Å². The van der Waals surface area contributed by atoms with Gasteiger partial charge in [-0.3, -0.25) is 9.36 Å². The summed E-state index contributed by atoms with van der Waals surface area (Å²) in [6.45, 7) is 4.62. The van der Waals surface area contributed by atoms with Crippen LogP contribution in [0.3, 0.4) is 0 Å². The SMILES string of the molecule is C#CCOc1c(Cl)cc(/C=c2\sc3n(c2=O)[C@H](c2ccc(OCC)c(OCC)c2)C(C(=O)OC)=CN=3)cc1OC. The predicted octanol–water partition coefficient (Wildman–Crippen LogP) is 3.49. The number of carbonyl (C=O) groups is 1. The summed E-state index contributed by atoms with van der Waals surface area (Å²) in [5.74, 6) is 3.52. The zero-order chi connectivity index (χ0) is 28.8. The number of thiazole rings is 1. The highest BCUT2D eigenvalue weighted by molar-refractivity contribution is 7.07. The molecule has 0 radical (unpaired) electrons. The van der Waals surface area contributed by atoms with E-state index < -0.39 is 12.0 Å². The molecule has 11 heteroatoms. The first-order valence-corrected chi connectivity index (χ1v) is 13.5. The van der Waals surface area contributed by atoms with Crippen LogP contribution in [-0.2, 0) is 9.53 Å². The van der Waals surface area contributed by atoms with E-state index in [0.717, 1.165) is 0 Å². The van der Waals surface area contributed by atoms with Crippen LogP contribution >= 0.6 is 22.9 Å². The van der Waals surface area contributed by atoms with E-state index in [1.807, 2.05) is 13.8 Å². The maximum absolute atomic E-state index is 13.8. The molecule has 0 amide bonds. The fourth-order valence-corrected chi connectivity index (χ4v) is 5.46. The maximum atomic E-state index is 13.8. The van der Waals surface area contributed by atoms with Crippen LogP contribution < -0.4 is 33.8 Å². The molecule has 0 aliphatic carbocycles. The maximum Gasteiger partial charge on any atom is 0.337 e. The van der Waals surface area contributed by atoms with Gasteiger partial charge < -0.3 is 23.7 Å². The number of ether oxygens (including phenoxy) is 5. The number of rotatable bonds is 10. The Balaban J connectivity index is 1.88. The summed E-state index contributed by atoms with van der Waals surface area (Å²) < 4.78 is 29.3. The molecule has 208 valence electrons. The van der Waals surface area contributed by atoms with Crippen molar-refractivity contribution in [1.29, 1.82) is 0 Å². The molecule has 0 saturated heterocycles. The monoisotopic (exact) mass is 582 g/mol. The summed E-state index contributed by atoms with van der Waals surface area (Å²) in [4.78, 5) is 31.4. The van der Waals surface area contributed by atoms with Crippen LogP contribution in [0.15, 0.2) is 51.9 Å². The number of benzene rings is 2. The molecular weight excluding hydrogens is 556 g/mol. The molecule has 9 nitrogen and oxygen atoms in total. The van der Waals surface area contributed by atoms with Gasteiger partial charge in [0.15, 0.2) is 27.8 Å². The van der Waals surface area contributed by atoms with Gasteiger partial charge in [0.05, 0.1) is 48.6 Å². The molecule has 2 aromatic carbocycles. The minimum atomic E-state index is -0.807. The molecule has 3 aromatic rings. The van der Waals surface area contributed by atoms with Crippen LogP contribution in [0.1, 0.15) is 31.0 Å². The van der Waals surface area contributed by atoms with Gasteiger partial charge in [0.2, 0.25) is 0 Å². The van der Waals surface area contributed by atoms with Crippen molar-refractivity contribution in [2.45, 2.75) is 19.9 Å². The van der Waals surface area contributed by atoms with Crippen molar-refractivity contribution in [2.24, 2.45) is 4.99 Å². The molecule has 0 saturated carbocycles. The first kappa shape index (κ1) is 28.8. The Hall–Kier alpha value is -4.20. The minimum absolute atomic E-state index is 0.0209. The Bertz CT molecular complexity index is 1680. The lowest BCUT2D eigenvalue weighted by Crippen LogP contribution is -2.39. The van der Waals surface area contributed by atoms with E-state index in [1.165, 1.54) is 36.3 Å². The van der Waals surface area contributed by atoms with Crippen LogP contribution in [0.4, 0.5) is 0 Å². The first-order valence-electron chi connectivity index (χ1n) is 12.3. The van der Waals surface area contributed by atoms with Crippen molar-refractivity contribution in [3.05, 3.63) is 77.9 Å². The van der Waals surface area contributed by atoms with Crippen LogP contribution in [0.25, 0.3) is 6.08 Å². The second-order valence-corrected chi connectivity index (χ2v) is 9.69. The molecule has 0 unspecified atom stereocenters. The molecule has 0 bridgehead atoms. The molecule has 2 heterocycles. The van der Waals surface area contributed by atoms with Gasteiger partial charge in [0.1, 0.15) is 6.61 Å². The quantitative estimate of drug-likeness (QED) is 0.267. The summed E-state index contributed by atoms with van der Waals surface area (Å²) in [5, 5.41) is 0.275. The van der Waals surface area contributed by atoms with Crippen molar-refractivity contribution >= 4 is 35.0 Å². The number of hydrogen-bond acceptors (Lipinski definition) is 9. The van der Waals surface area contributed by atoms with E-state index in [2.05, 4.69) is 10.9 Å². The predicted molar refractivity (Wildman–Crippen MR) is 152 cm³/mol. The zero-order valence-electron chi connectivity index (χ0n) is 22.4. The Morgan fingerprint density at radius 3 is 2.55 bits per heavy atom. The van der Waals surface area contributed by atoms with Crippen LogP contribution in [0.2, 0.25) is 5.02 Å². The van der Waals surface area contributed by atoms with Crippen LogP contribution in [-0.4, -0.2) is 44.6 Å². The number of terminal acetylenes is 1. The van der Waals surface area contributed by atoms with Gasteiger partial charge in [-0.1, -0.05) is 34.9 Å². The van der Waals surface area contributed by atoms with E-state index in [-0.39, 0.29) is 22.8 Å². The molecule has 4 rings (SSSR count). The topological polar surface area (TPSA) is 97.6 Å². The average molecular weight is 583 g/mol. The van der Waals surface area contributed by atoms with Gasteiger partial charge >= 0.3 is 5.97 Å². The summed E-state index contributed by atoms with van der Waals surface area (Å²) in [6, 6.07) is 7.83. The molecular formula is C29H27ClN2O7S. The number of halogens is 1. The van der Waals surface area contributed by atoms with Crippen molar-refractivity contribution in [1.82, 2.24) is 4.57 Å². The molecule has 0 spiro atoms. The number of carbonyl (C=O) groups excluding carboxylic acids is 1. The van der Waals surface area contributed by atoms with Gasteiger partial charge in [0.25, 0.3) is 5.56 Å². The third-order valence-corrected chi connectivity index (χ3v) is 7.14. The van der Waals surface area contributed by atoms with Crippen LogP contribution in [0.5, 0.6) is 23.0 Å². The fourth-order valence-electron chi connectivity index (χ4n) is 4.22. The Morgan fingerprint density at radius 2 is 1.88 bits per heavy atom. The lowest BCUT2D eigenvalue weighted by Gasteiger charge is -2.23. The summed E-state index contributed by atoms with van der Waals surface area (Å²) >= 11 is 7.60. The summed E-state index contributed by atoms with van der Waals surface area (Å²) in [6.07, 6.45) is 8.40. The Kier molecular flexibility index (Phi) is 9.19. The normalized spacial score (nSPS) is 14.3. The van der Waals surface area contributed by atoms with Gasteiger partial charge in [0, 0.05) is 6.20 Å². The van der Waals surface area contributed by atoms with E-state index in [4.69, 9.17) is 41.7 Å². The highest BCUT2D eigenvalue weighted by Gasteiger charge is 2.31. The number of fused-ring (bicyclic) bond motifs is 1. The summed E-state index contributed by atoms with van der Waals surface area (Å²) in [7, 11) is 2.76. The summed E-state index contributed by atoms with van der Waals surface area (Å²) in [5.41, 5.74) is 1.08.